The quantitative estimate of drug-likeness (QED) is 0.905. The minimum absolute atomic E-state index is 0.815. The van der Waals surface area contributed by atoms with E-state index in [2.05, 4.69) is 52.4 Å². The maximum absolute atomic E-state index is 5.50. The minimum atomic E-state index is 0.815. The number of hydrogen-bond donors (Lipinski definition) is 1. The Balaban J connectivity index is 1.70. The fourth-order valence-electron chi connectivity index (χ4n) is 2.09. The van der Waals surface area contributed by atoms with Crippen LogP contribution in [0.2, 0.25) is 0 Å². The lowest BCUT2D eigenvalue weighted by Gasteiger charge is -2.06. The Kier molecular flexibility index (Phi) is 3.31. The van der Waals surface area contributed by atoms with E-state index in [1.807, 2.05) is 11.3 Å². The number of benzene rings is 1. The third kappa shape index (κ3) is 2.40. The van der Waals surface area contributed by atoms with Crippen molar-refractivity contribution in [2.24, 2.45) is 0 Å². The Morgan fingerprint density at radius 1 is 1.39 bits per heavy atom. The van der Waals surface area contributed by atoms with Gasteiger partial charge in [-0.15, -0.1) is 11.3 Å². The summed E-state index contributed by atoms with van der Waals surface area (Å²) in [4.78, 5) is 2.67. The molecule has 0 saturated heterocycles. The Bertz CT molecular complexity index is 560. The van der Waals surface area contributed by atoms with Gasteiger partial charge in [0, 0.05) is 32.9 Å². The van der Waals surface area contributed by atoms with E-state index in [0.29, 0.717) is 0 Å². The molecule has 0 bridgehead atoms. The first-order valence-electron chi connectivity index (χ1n) is 5.97. The zero-order valence-corrected chi connectivity index (χ0v) is 12.5. The number of anilines is 1. The van der Waals surface area contributed by atoms with Gasteiger partial charge in [0.2, 0.25) is 0 Å². The van der Waals surface area contributed by atoms with E-state index in [1.54, 1.807) is 0 Å². The molecule has 18 heavy (non-hydrogen) atoms. The molecule has 4 heteroatoms. The summed E-state index contributed by atoms with van der Waals surface area (Å²) in [5.41, 5.74) is 2.48. The second-order valence-electron chi connectivity index (χ2n) is 4.39. The molecule has 1 aliphatic rings. The van der Waals surface area contributed by atoms with Crippen LogP contribution < -0.4 is 10.1 Å². The van der Waals surface area contributed by atoms with Gasteiger partial charge < -0.3 is 10.1 Å². The van der Waals surface area contributed by atoms with Crippen molar-refractivity contribution < 1.29 is 4.74 Å². The van der Waals surface area contributed by atoms with E-state index < -0.39 is 0 Å². The molecule has 0 saturated carbocycles. The second-order valence-corrected chi connectivity index (χ2v) is 6.59. The van der Waals surface area contributed by atoms with E-state index >= 15 is 0 Å². The van der Waals surface area contributed by atoms with E-state index in [4.69, 9.17) is 4.74 Å². The van der Waals surface area contributed by atoms with Crippen LogP contribution in [-0.4, -0.2) is 6.61 Å². The van der Waals surface area contributed by atoms with Gasteiger partial charge in [0.05, 0.1) is 6.61 Å². The van der Waals surface area contributed by atoms with Crippen LogP contribution in [0.3, 0.4) is 0 Å². The van der Waals surface area contributed by atoms with E-state index in [9.17, 15) is 0 Å². The van der Waals surface area contributed by atoms with Crippen LogP contribution in [0.1, 0.15) is 15.3 Å². The maximum Gasteiger partial charge on any atom is 0.122 e. The smallest absolute Gasteiger partial charge is 0.122 e. The van der Waals surface area contributed by atoms with E-state index in [-0.39, 0.29) is 0 Å². The van der Waals surface area contributed by atoms with E-state index in [0.717, 1.165) is 25.3 Å². The third-order valence-corrected chi connectivity index (χ3v) is 5.20. The number of halogens is 1. The molecule has 2 nitrogen and oxygen atoms in total. The summed E-state index contributed by atoms with van der Waals surface area (Å²) < 4.78 is 6.70. The molecule has 2 heterocycles. The highest BCUT2D eigenvalue weighted by molar-refractivity contribution is 9.10. The molecule has 0 amide bonds. The lowest BCUT2D eigenvalue weighted by molar-refractivity contribution is 0.357. The van der Waals surface area contributed by atoms with Gasteiger partial charge >= 0.3 is 0 Å². The number of ether oxygens (including phenoxy) is 1. The molecule has 2 aromatic rings. The van der Waals surface area contributed by atoms with Gasteiger partial charge in [0.25, 0.3) is 0 Å². The van der Waals surface area contributed by atoms with Gasteiger partial charge in [-0.3, -0.25) is 0 Å². The number of nitrogens with one attached hydrogen (secondary N) is 1. The first-order valence-corrected chi connectivity index (χ1v) is 7.58. The minimum Gasteiger partial charge on any atom is -0.493 e. The van der Waals surface area contributed by atoms with Gasteiger partial charge in [-0.2, -0.15) is 0 Å². The highest BCUT2D eigenvalue weighted by atomic mass is 79.9. The Morgan fingerprint density at radius 3 is 3.06 bits per heavy atom. The highest BCUT2D eigenvalue weighted by Crippen LogP contribution is 2.29. The van der Waals surface area contributed by atoms with Crippen LogP contribution in [0.5, 0.6) is 5.75 Å². The molecule has 0 fully saturated rings. The molecule has 0 atom stereocenters. The van der Waals surface area contributed by atoms with Gasteiger partial charge in [0.1, 0.15) is 5.75 Å². The zero-order valence-electron chi connectivity index (χ0n) is 10.1. The SMILES string of the molecule is Cc1sc(CNc2ccc3c(c2)CCO3)cc1Br. The maximum atomic E-state index is 5.50. The first kappa shape index (κ1) is 12.1. The first-order chi connectivity index (χ1) is 8.72. The summed E-state index contributed by atoms with van der Waals surface area (Å²) in [7, 11) is 0. The zero-order chi connectivity index (χ0) is 12.5. The molecule has 1 aromatic heterocycles. The molecule has 0 unspecified atom stereocenters. The topological polar surface area (TPSA) is 21.3 Å². The summed E-state index contributed by atoms with van der Waals surface area (Å²) in [6.07, 6.45) is 1.02. The lowest BCUT2D eigenvalue weighted by Crippen LogP contribution is -1.97. The fourth-order valence-corrected chi connectivity index (χ4v) is 3.63. The predicted molar refractivity (Wildman–Crippen MR) is 79.7 cm³/mol. The third-order valence-electron chi connectivity index (χ3n) is 3.06. The van der Waals surface area contributed by atoms with Gasteiger partial charge in [0.15, 0.2) is 0 Å². The largest absolute Gasteiger partial charge is 0.493 e. The van der Waals surface area contributed by atoms with Crippen molar-refractivity contribution >= 4 is 33.0 Å². The highest BCUT2D eigenvalue weighted by Gasteiger charge is 2.11. The average Bonchev–Trinajstić information content (AvgIpc) is 2.94. The number of fused-ring (bicyclic) bond motifs is 1. The van der Waals surface area contributed by atoms with Crippen molar-refractivity contribution in [3.8, 4) is 5.75 Å². The molecule has 0 aliphatic carbocycles. The fraction of sp³-hybridized carbons (Fsp3) is 0.286. The average molecular weight is 324 g/mol. The summed E-state index contributed by atoms with van der Waals surface area (Å²) in [5, 5.41) is 3.47. The number of rotatable bonds is 3. The van der Waals surface area contributed by atoms with Crippen LogP contribution in [0.4, 0.5) is 5.69 Å². The van der Waals surface area contributed by atoms with Gasteiger partial charge in [-0.05, 0) is 52.7 Å². The molecule has 94 valence electrons. The van der Waals surface area contributed by atoms with Crippen molar-refractivity contribution in [2.75, 3.05) is 11.9 Å². The van der Waals surface area contributed by atoms with Crippen LogP contribution in [-0.2, 0) is 13.0 Å². The van der Waals surface area contributed by atoms with Gasteiger partial charge in [-0.25, -0.2) is 0 Å². The standard InChI is InChI=1S/C14H14BrNOS/c1-9-13(15)7-12(18-9)8-16-11-2-3-14-10(6-11)4-5-17-14/h2-3,6-7,16H,4-5,8H2,1H3. The number of hydrogen-bond acceptors (Lipinski definition) is 3. The van der Waals surface area contributed by atoms with Crippen LogP contribution >= 0.6 is 27.3 Å². The Morgan fingerprint density at radius 2 is 2.28 bits per heavy atom. The summed E-state index contributed by atoms with van der Waals surface area (Å²) in [5.74, 6) is 1.04. The summed E-state index contributed by atoms with van der Waals surface area (Å²) in [6.45, 7) is 3.82. The number of thiophene rings is 1. The monoisotopic (exact) mass is 323 g/mol. The van der Waals surface area contributed by atoms with Crippen LogP contribution in [0.15, 0.2) is 28.7 Å². The van der Waals surface area contributed by atoms with Crippen molar-refractivity contribution in [1.29, 1.82) is 0 Å². The van der Waals surface area contributed by atoms with Crippen molar-refractivity contribution in [3.63, 3.8) is 0 Å². The van der Waals surface area contributed by atoms with Crippen LogP contribution in [0.25, 0.3) is 0 Å². The molecular weight excluding hydrogens is 310 g/mol. The predicted octanol–water partition coefficient (Wildman–Crippen LogP) is 4.37. The van der Waals surface area contributed by atoms with Crippen molar-refractivity contribution in [2.45, 2.75) is 19.9 Å². The molecular formula is C14H14BrNOS. The van der Waals surface area contributed by atoms with Crippen LogP contribution in [0, 0.1) is 6.92 Å². The Hall–Kier alpha value is -1.00. The molecule has 0 radical (unpaired) electrons. The summed E-state index contributed by atoms with van der Waals surface area (Å²) >= 11 is 5.37. The Labute approximate surface area is 119 Å². The van der Waals surface area contributed by atoms with Crippen molar-refractivity contribution in [3.05, 3.63) is 44.1 Å². The summed E-state index contributed by atoms with van der Waals surface area (Å²) in [6, 6.07) is 8.52. The molecule has 1 N–H and O–H groups in total. The van der Waals surface area contributed by atoms with Crippen molar-refractivity contribution in [1.82, 2.24) is 0 Å². The second kappa shape index (κ2) is 4.94. The van der Waals surface area contributed by atoms with Gasteiger partial charge in [-0.1, -0.05) is 0 Å². The molecule has 0 spiro atoms. The molecule has 3 rings (SSSR count). The molecule has 1 aliphatic heterocycles. The van der Waals surface area contributed by atoms with E-state index in [1.165, 1.54) is 25.5 Å². The number of aryl methyl sites for hydroxylation is 1. The molecule has 1 aromatic carbocycles. The lowest BCUT2D eigenvalue weighted by atomic mass is 10.1. The normalized spacial score (nSPS) is 13.2.